The van der Waals surface area contributed by atoms with Gasteiger partial charge in [0.15, 0.2) is 0 Å². The van der Waals surface area contributed by atoms with E-state index in [0.717, 1.165) is 5.56 Å². The van der Waals surface area contributed by atoms with Crippen molar-refractivity contribution < 1.29 is 9.90 Å². The third-order valence-electron chi connectivity index (χ3n) is 3.02. The minimum atomic E-state index is -0.509. The fourth-order valence-electron chi connectivity index (χ4n) is 1.87. The second-order valence-corrected chi connectivity index (χ2v) is 6.26. The molecule has 2 N–H and O–H groups in total. The second kappa shape index (κ2) is 7.99. The monoisotopic (exact) mass is 438 g/mol. The first kappa shape index (κ1) is 17.3. The van der Waals surface area contributed by atoms with Gasteiger partial charge in [-0.05, 0) is 46.4 Å². The van der Waals surface area contributed by atoms with Crippen molar-refractivity contribution in [1.82, 2.24) is 5.32 Å². The van der Waals surface area contributed by atoms with E-state index in [9.17, 15) is 15.2 Å². The maximum atomic E-state index is 12.1. The number of hydrogen-bond donors (Lipinski definition) is 2. The van der Waals surface area contributed by atoms with E-state index in [1.807, 2.05) is 59.0 Å². The SMILES string of the molecule is N#C/C(=C/c1cc(Cl)cc(I)c1O)C(=O)NCc1ccccc1. The van der Waals surface area contributed by atoms with Crippen LogP contribution in [-0.2, 0) is 11.3 Å². The molecule has 0 saturated heterocycles. The van der Waals surface area contributed by atoms with Crippen molar-refractivity contribution in [3.05, 3.63) is 67.8 Å². The van der Waals surface area contributed by atoms with E-state index in [-0.39, 0.29) is 11.3 Å². The Morgan fingerprint density at radius 3 is 2.70 bits per heavy atom. The van der Waals surface area contributed by atoms with Crippen LogP contribution < -0.4 is 5.32 Å². The summed E-state index contributed by atoms with van der Waals surface area (Å²) in [5, 5.41) is 22.3. The van der Waals surface area contributed by atoms with Crippen molar-refractivity contribution in [3.8, 4) is 11.8 Å². The Labute approximate surface area is 152 Å². The molecule has 0 saturated carbocycles. The van der Waals surface area contributed by atoms with Crippen LogP contribution in [0.3, 0.4) is 0 Å². The summed E-state index contributed by atoms with van der Waals surface area (Å²) in [6.45, 7) is 0.317. The van der Waals surface area contributed by atoms with Crippen LogP contribution in [0.4, 0.5) is 0 Å². The summed E-state index contributed by atoms with van der Waals surface area (Å²) in [4.78, 5) is 12.1. The molecule has 2 aromatic rings. The van der Waals surface area contributed by atoms with Crippen molar-refractivity contribution in [2.24, 2.45) is 0 Å². The topological polar surface area (TPSA) is 73.1 Å². The van der Waals surface area contributed by atoms with E-state index in [2.05, 4.69) is 5.32 Å². The molecule has 0 aliphatic rings. The molecule has 0 aliphatic heterocycles. The van der Waals surface area contributed by atoms with Gasteiger partial charge in [0.25, 0.3) is 5.91 Å². The van der Waals surface area contributed by atoms with Gasteiger partial charge in [0.1, 0.15) is 17.4 Å². The molecule has 0 bridgehead atoms. The number of nitriles is 1. The molecular weight excluding hydrogens is 427 g/mol. The zero-order valence-corrected chi connectivity index (χ0v) is 14.8. The summed E-state index contributed by atoms with van der Waals surface area (Å²) < 4.78 is 0.545. The van der Waals surface area contributed by atoms with Crippen molar-refractivity contribution >= 4 is 46.2 Å². The standard InChI is InChI=1S/C17H12ClIN2O2/c18-14-7-12(16(22)15(19)8-14)6-13(9-20)17(23)21-10-11-4-2-1-3-5-11/h1-8,22H,10H2,(H,21,23)/b13-6-. The Hall–Kier alpha value is -2.04. The predicted molar refractivity (Wildman–Crippen MR) is 97.7 cm³/mol. The Balaban J connectivity index is 2.19. The summed E-state index contributed by atoms with van der Waals surface area (Å²) in [5.74, 6) is -0.524. The number of amides is 1. The lowest BCUT2D eigenvalue weighted by Gasteiger charge is -2.06. The van der Waals surface area contributed by atoms with E-state index in [4.69, 9.17) is 11.6 Å². The predicted octanol–water partition coefficient (Wildman–Crippen LogP) is 3.87. The van der Waals surface area contributed by atoms with Crippen LogP contribution in [0.15, 0.2) is 48.0 Å². The van der Waals surface area contributed by atoms with E-state index >= 15 is 0 Å². The van der Waals surface area contributed by atoms with E-state index < -0.39 is 5.91 Å². The number of carbonyl (C=O) groups is 1. The Kier molecular flexibility index (Phi) is 6.02. The van der Waals surface area contributed by atoms with Crippen LogP contribution >= 0.6 is 34.2 Å². The molecule has 0 radical (unpaired) electrons. The van der Waals surface area contributed by atoms with Gasteiger partial charge in [-0.2, -0.15) is 5.26 Å². The van der Waals surface area contributed by atoms with Crippen molar-refractivity contribution in [2.45, 2.75) is 6.54 Å². The molecule has 0 spiro atoms. The zero-order chi connectivity index (χ0) is 16.8. The summed E-state index contributed by atoms with van der Waals surface area (Å²) in [7, 11) is 0. The Morgan fingerprint density at radius 2 is 2.04 bits per heavy atom. The van der Waals surface area contributed by atoms with Gasteiger partial charge in [-0.3, -0.25) is 4.79 Å². The lowest BCUT2D eigenvalue weighted by molar-refractivity contribution is -0.117. The molecule has 2 rings (SSSR count). The van der Waals surface area contributed by atoms with Gasteiger partial charge in [0, 0.05) is 17.1 Å². The highest BCUT2D eigenvalue weighted by Crippen LogP contribution is 2.30. The number of hydrogen-bond acceptors (Lipinski definition) is 3. The van der Waals surface area contributed by atoms with Crippen molar-refractivity contribution in [2.75, 3.05) is 0 Å². The molecule has 0 aliphatic carbocycles. The van der Waals surface area contributed by atoms with Crippen molar-refractivity contribution in [3.63, 3.8) is 0 Å². The fourth-order valence-corrected chi connectivity index (χ4v) is 2.93. The molecule has 4 nitrogen and oxygen atoms in total. The smallest absolute Gasteiger partial charge is 0.262 e. The molecule has 23 heavy (non-hydrogen) atoms. The third kappa shape index (κ3) is 4.71. The number of phenolic OH excluding ortho intramolecular Hbond substituents is 1. The number of nitrogens with zero attached hydrogens (tertiary/aromatic N) is 1. The average molecular weight is 439 g/mol. The number of nitrogens with one attached hydrogen (secondary N) is 1. The first-order valence-corrected chi connectivity index (χ1v) is 8.09. The summed E-state index contributed by atoms with van der Waals surface area (Å²) in [5.41, 5.74) is 1.15. The van der Waals surface area contributed by atoms with Gasteiger partial charge in [-0.15, -0.1) is 0 Å². The second-order valence-electron chi connectivity index (χ2n) is 4.66. The summed E-state index contributed by atoms with van der Waals surface area (Å²) in [6, 6.07) is 14.3. The molecule has 6 heteroatoms. The molecule has 0 atom stereocenters. The van der Waals surface area contributed by atoms with Crippen LogP contribution in [0.5, 0.6) is 5.75 Å². The maximum Gasteiger partial charge on any atom is 0.262 e. The highest BCUT2D eigenvalue weighted by molar-refractivity contribution is 14.1. The number of halogens is 2. The van der Waals surface area contributed by atoms with Gasteiger partial charge >= 0.3 is 0 Å². The minimum absolute atomic E-state index is 0.0152. The van der Waals surface area contributed by atoms with Crippen LogP contribution in [0.2, 0.25) is 5.02 Å². The van der Waals surface area contributed by atoms with E-state index in [0.29, 0.717) is 20.7 Å². The number of carbonyl (C=O) groups excluding carboxylic acids is 1. The Morgan fingerprint density at radius 1 is 1.35 bits per heavy atom. The molecule has 0 aromatic heterocycles. The minimum Gasteiger partial charge on any atom is -0.506 e. The molecule has 2 aromatic carbocycles. The lowest BCUT2D eigenvalue weighted by atomic mass is 10.1. The highest BCUT2D eigenvalue weighted by Gasteiger charge is 2.12. The van der Waals surface area contributed by atoms with E-state index in [1.54, 1.807) is 6.07 Å². The molecular formula is C17H12ClIN2O2. The highest BCUT2D eigenvalue weighted by atomic mass is 127. The van der Waals surface area contributed by atoms with Crippen LogP contribution in [0.25, 0.3) is 6.08 Å². The Bertz CT molecular complexity index is 798. The van der Waals surface area contributed by atoms with Gasteiger partial charge in [0.05, 0.1) is 3.57 Å². The quantitative estimate of drug-likeness (QED) is 0.432. The molecule has 0 unspecified atom stereocenters. The number of aromatic hydroxyl groups is 1. The van der Waals surface area contributed by atoms with Crippen LogP contribution in [-0.4, -0.2) is 11.0 Å². The number of benzene rings is 2. The third-order valence-corrected chi connectivity index (χ3v) is 4.06. The van der Waals surface area contributed by atoms with E-state index in [1.165, 1.54) is 12.1 Å². The first-order chi connectivity index (χ1) is 11.0. The molecule has 0 heterocycles. The number of rotatable bonds is 4. The average Bonchev–Trinajstić information content (AvgIpc) is 2.55. The first-order valence-electron chi connectivity index (χ1n) is 6.63. The lowest BCUT2D eigenvalue weighted by Crippen LogP contribution is -2.23. The fraction of sp³-hybridized carbons (Fsp3) is 0.0588. The normalized spacial score (nSPS) is 10.9. The summed E-state index contributed by atoms with van der Waals surface area (Å²) >= 11 is 7.87. The summed E-state index contributed by atoms with van der Waals surface area (Å²) in [6.07, 6.45) is 1.32. The zero-order valence-electron chi connectivity index (χ0n) is 11.9. The van der Waals surface area contributed by atoms with Gasteiger partial charge in [-0.1, -0.05) is 41.9 Å². The maximum absolute atomic E-state index is 12.1. The molecule has 1 amide bonds. The molecule has 116 valence electrons. The van der Waals surface area contributed by atoms with Gasteiger partial charge in [0.2, 0.25) is 0 Å². The van der Waals surface area contributed by atoms with Crippen LogP contribution in [0.1, 0.15) is 11.1 Å². The largest absolute Gasteiger partial charge is 0.506 e. The van der Waals surface area contributed by atoms with Crippen LogP contribution in [0, 0.1) is 14.9 Å². The van der Waals surface area contributed by atoms with Crippen molar-refractivity contribution in [1.29, 1.82) is 5.26 Å². The molecule has 0 fully saturated rings. The van der Waals surface area contributed by atoms with Gasteiger partial charge in [-0.25, -0.2) is 0 Å². The number of phenols is 1. The van der Waals surface area contributed by atoms with Gasteiger partial charge < -0.3 is 10.4 Å².